The van der Waals surface area contributed by atoms with Gasteiger partial charge in [0, 0.05) is 13.0 Å². The summed E-state index contributed by atoms with van der Waals surface area (Å²) < 4.78 is 0.290. The molecule has 0 saturated heterocycles. The summed E-state index contributed by atoms with van der Waals surface area (Å²) in [7, 11) is 0. The van der Waals surface area contributed by atoms with Crippen molar-refractivity contribution in [1.82, 2.24) is 0 Å². The summed E-state index contributed by atoms with van der Waals surface area (Å²) in [5.74, 6) is 0.123. The summed E-state index contributed by atoms with van der Waals surface area (Å²) >= 11 is 0. The molecule has 0 spiro atoms. The number of unbranched alkanes of at least 4 members (excludes halogenated alkanes) is 5. The molecule has 5 nitrogen and oxygen atoms in total. The number of nitrogens with zero attached hydrogens (tertiary/aromatic N) is 2. The first-order valence-electron chi connectivity index (χ1n) is 8.83. The van der Waals surface area contributed by atoms with Crippen LogP contribution < -0.4 is 5.73 Å². The van der Waals surface area contributed by atoms with Crippen LogP contribution in [-0.4, -0.2) is 41.0 Å². The maximum atomic E-state index is 11.1. The largest absolute Gasteiger partial charge is 0.477 e. The Morgan fingerprint density at radius 3 is 2.57 bits per heavy atom. The van der Waals surface area contributed by atoms with Crippen LogP contribution >= 0.6 is 0 Å². The zero-order valence-electron chi connectivity index (χ0n) is 14.4. The van der Waals surface area contributed by atoms with Crippen molar-refractivity contribution in [2.45, 2.75) is 58.3 Å². The molecule has 0 amide bonds. The molecule has 5 heteroatoms. The molecule has 130 valence electrons. The SMILES string of the molecule is CCCCC/C=C/CCCCC1=NC=C[N+]1(CCN)CC(=O)O. The number of hydrogen-bond donors (Lipinski definition) is 2. The first-order chi connectivity index (χ1) is 11.1. The molecular formula is C18H32N3O2+. The van der Waals surface area contributed by atoms with Gasteiger partial charge in [0.2, 0.25) is 5.84 Å². The van der Waals surface area contributed by atoms with Crippen molar-refractivity contribution in [2.24, 2.45) is 10.7 Å². The highest BCUT2D eigenvalue weighted by molar-refractivity contribution is 5.81. The molecule has 0 aromatic rings. The summed E-state index contributed by atoms with van der Waals surface area (Å²) in [6.07, 6.45) is 17.2. The molecule has 0 saturated carbocycles. The minimum atomic E-state index is -0.812. The Kier molecular flexibility index (Phi) is 9.48. The molecule has 0 fully saturated rings. The van der Waals surface area contributed by atoms with Crippen LogP contribution in [0.4, 0.5) is 0 Å². The maximum absolute atomic E-state index is 11.1. The van der Waals surface area contributed by atoms with Crippen molar-refractivity contribution in [2.75, 3.05) is 19.6 Å². The van der Waals surface area contributed by atoms with E-state index in [4.69, 9.17) is 10.8 Å². The van der Waals surface area contributed by atoms with E-state index in [2.05, 4.69) is 24.1 Å². The van der Waals surface area contributed by atoms with Gasteiger partial charge in [0.1, 0.15) is 12.7 Å². The predicted molar refractivity (Wildman–Crippen MR) is 95.0 cm³/mol. The number of quaternary nitrogens is 1. The van der Waals surface area contributed by atoms with Crippen molar-refractivity contribution in [3.63, 3.8) is 0 Å². The summed E-state index contributed by atoms with van der Waals surface area (Å²) in [6, 6.07) is 0. The van der Waals surface area contributed by atoms with Crippen LogP contribution in [-0.2, 0) is 4.79 Å². The Hall–Kier alpha value is -1.46. The number of rotatable bonds is 13. The fraction of sp³-hybridized carbons (Fsp3) is 0.667. The lowest BCUT2D eigenvalue weighted by Crippen LogP contribution is -2.52. The molecule has 1 rings (SSSR count). The van der Waals surface area contributed by atoms with Crippen LogP contribution in [0.5, 0.6) is 0 Å². The van der Waals surface area contributed by atoms with Gasteiger partial charge < -0.3 is 10.8 Å². The van der Waals surface area contributed by atoms with Crippen LogP contribution in [0.2, 0.25) is 0 Å². The molecule has 1 aliphatic heterocycles. The lowest BCUT2D eigenvalue weighted by molar-refractivity contribution is -0.778. The van der Waals surface area contributed by atoms with E-state index in [9.17, 15) is 4.79 Å². The van der Waals surface area contributed by atoms with Crippen LogP contribution in [0.3, 0.4) is 0 Å². The van der Waals surface area contributed by atoms with Crippen LogP contribution in [0.25, 0.3) is 0 Å². The Balaban J connectivity index is 2.31. The molecule has 0 aromatic heterocycles. The zero-order valence-corrected chi connectivity index (χ0v) is 14.4. The number of carboxylic acid groups (broad SMARTS) is 1. The number of aliphatic carboxylic acids is 1. The molecule has 0 radical (unpaired) electrons. The number of amidine groups is 1. The van der Waals surface area contributed by atoms with Crippen LogP contribution in [0.1, 0.15) is 58.3 Å². The average molecular weight is 322 g/mol. The van der Waals surface area contributed by atoms with E-state index in [1.54, 1.807) is 6.20 Å². The van der Waals surface area contributed by atoms with E-state index in [-0.39, 0.29) is 6.54 Å². The number of allylic oxidation sites excluding steroid dienone is 2. The van der Waals surface area contributed by atoms with E-state index >= 15 is 0 Å². The van der Waals surface area contributed by atoms with Gasteiger partial charge in [-0.05, 0) is 32.1 Å². The second-order valence-corrected chi connectivity index (χ2v) is 6.15. The van der Waals surface area contributed by atoms with Gasteiger partial charge in [-0.25, -0.2) is 14.3 Å². The molecular weight excluding hydrogens is 290 g/mol. The van der Waals surface area contributed by atoms with E-state index < -0.39 is 5.97 Å². The smallest absolute Gasteiger partial charge is 0.360 e. The van der Waals surface area contributed by atoms with Crippen LogP contribution in [0, 0.1) is 0 Å². The highest BCUT2D eigenvalue weighted by atomic mass is 16.4. The summed E-state index contributed by atoms with van der Waals surface area (Å²) in [6.45, 7) is 3.30. The quantitative estimate of drug-likeness (QED) is 0.310. The molecule has 0 bridgehead atoms. The standard InChI is InChI=1S/C18H31N3O2/c1-2-3-4-5-6-7-8-9-10-11-17-20-13-15-21(17,14-12-19)16-18(22)23/h6-7,13,15H,2-5,8-12,14,16,19H2,1H3/p+1/b7-6+. The monoisotopic (exact) mass is 322 g/mol. The third-order valence-electron chi connectivity index (χ3n) is 4.20. The van der Waals surface area contributed by atoms with Crippen LogP contribution in [0.15, 0.2) is 29.5 Å². The number of aliphatic imine (C=N–C) groups is 1. The van der Waals surface area contributed by atoms with Gasteiger partial charge >= 0.3 is 5.97 Å². The number of nitrogens with two attached hydrogens (primary N) is 1. The normalized spacial score (nSPS) is 20.3. The minimum absolute atomic E-state index is 0.0316. The number of carboxylic acids is 1. The summed E-state index contributed by atoms with van der Waals surface area (Å²) in [5.41, 5.74) is 5.67. The molecule has 1 aliphatic rings. The second-order valence-electron chi connectivity index (χ2n) is 6.15. The maximum Gasteiger partial charge on any atom is 0.360 e. The Morgan fingerprint density at radius 2 is 1.96 bits per heavy atom. The first kappa shape index (κ1) is 19.6. The lowest BCUT2D eigenvalue weighted by atomic mass is 10.1. The van der Waals surface area contributed by atoms with Gasteiger partial charge in [-0.1, -0.05) is 31.9 Å². The molecule has 0 aliphatic carbocycles. The Bertz CT molecular complexity index is 444. The van der Waals surface area contributed by atoms with Crippen molar-refractivity contribution in [1.29, 1.82) is 0 Å². The Labute approximate surface area is 140 Å². The molecule has 1 heterocycles. The Morgan fingerprint density at radius 1 is 1.26 bits per heavy atom. The second kappa shape index (κ2) is 11.1. The van der Waals surface area contributed by atoms with Crippen molar-refractivity contribution in [3.05, 3.63) is 24.6 Å². The predicted octanol–water partition coefficient (Wildman–Crippen LogP) is 3.43. The third kappa shape index (κ3) is 7.10. The van der Waals surface area contributed by atoms with Crippen molar-refractivity contribution >= 4 is 11.8 Å². The molecule has 23 heavy (non-hydrogen) atoms. The molecule has 0 aromatic carbocycles. The van der Waals surface area contributed by atoms with Crippen molar-refractivity contribution in [3.8, 4) is 0 Å². The fourth-order valence-electron chi connectivity index (χ4n) is 2.93. The van der Waals surface area contributed by atoms with E-state index in [0.29, 0.717) is 17.6 Å². The van der Waals surface area contributed by atoms with Crippen molar-refractivity contribution < 1.29 is 14.4 Å². The molecule has 3 N–H and O–H groups in total. The highest BCUT2D eigenvalue weighted by Gasteiger charge is 2.36. The molecule has 1 atom stereocenters. The fourth-order valence-corrected chi connectivity index (χ4v) is 2.93. The summed E-state index contributed by atoms with van der Waals surface area (Å²) in [5, 5.41) is 9.16. The van der Waals surface area contributed by atoms with Gasteiger partial charge in [0.15, 0.2) is 6.54 Å². The van der Waals surface area contributed by atoms with Gasteiger partial charge in [0.25, 0.3) is 0 Å². The number of hydrogen-bond acceptors (Lipinski definition) is 3. The highest BCUT2D eigenvalue weighted by Crippen LogP contribution is 2.20. The average Bonchev–Trinajstić information content (AvgIpc) is 2.87. The third-order valence-corrected chi connectivity index (χ3v) is 4.20. The summed E-state index contributed by atoms with van der Waals surface area (Å²) in [4.78, 5) is 15.5. The zero-order chi connectivity index (χ0) is 17.0. The van der Waals surface area contributed by atoms with Gasteiger partial charge in [-0.15, -0.1) is 0 Å². The van der Waals surface area contributed by atoms with Gasteiger partial charge in [-0.3, -0.25) is 0 Å². The number of carbonyl (C=O) groups is 1. The topological polar surface area (TPSA) is 75.7 Å². The first-order valence-corrected chi connectivity index (χ1v) is 8.83. The van der Waals surface area contributed by atoms with E-state index in [0.717, 1.165) is 31.5 Å². The molecule has 1 unspecified atom stereocenters. The minimum Gasteiger partial charge on any atom is -0.477 e. The van der Waals surface area contributed by atoms with Gasteiger partial charge in [0.05, 0.1) is 6.20 Å². The van der Waals surface area contributed by atoms with E-state index in [1.807, 2.05) is 6.20 Å². The lowest BCUT2D eigenvalue weighted by Gasteiger charge is -2.30. The van der Waals surface area contributed by atoms with E-state index in [1.165, 1.54) is 25.7 Å². The van der Waals surface area contributed by atoms with Gasteiger partial charge in [-0.2, -0.15) is 0 Å².